The van der Waals surface area contributed by atoms with Gasteiger partial charge in [0.1, 0.15) is 15.7 Å². The van der Waals surface area contributed by atoms with E-state index in [0.717, 1.165) is 24.5 Å². The van der Waals surface area contributed by atoms with Gasteiger partial charge in [-0.3, -0.25) is 4.79 Å². The van der Waals surface area contributed by atoms with Gasteiger partial charge in [0.2, 0.25) is 0 Å². The van der Waals surface area contributed by atoms with E-state index in [4.69, 9.17) is 4.74 Å². The predicted molar refractivity (Wildman–Crippen MR) is 95.6 cm³/mol. The van der Waals surface area contributed by atoms with Crippen LogP contribution in [0.3, 0.4) is 0 Å². The quantitative estimate of drug-likeness (QED) is 0.705. The summed E-state index contributed by atoms with van der Waals surface area (Å²) in [5, 5.41) is 0.720. The Balaban J connectivity index is 1.90. The molecule has 134 valence electrons. The molecule has 1 aliphatic rings. The monoisotopic (exact) mass is 352 g/mol. The summed E-state index contributed by atoms with van der Waals surface area (Å²) in [6, 6.07) is 0.539. The van der Waals surface area contributed by atoms with Crippen LogP contribution in [-0.4, -0.2) is 47.4 Å². The summed E-state index contributed by atoms with van der Waals surface area (Å²) in [5.74, 6) is 0.319. The zero-order chi connectivity index (χ0) is 17.7. The lowest BCUT2D eigenvalue weighted by Crippen LogP contribution is -2.40. The molecule has 2 heterocycles. The highest BCUT2D eigenvalue weighted by Crippen LogP contribution is 2.24. The number of aryl methyl sites for hydroxylation is 1. The topological polar surface area (TPSA) is 59.5 Å². The van der Waals surface area contributed by atoms with E-state index in [1.165, 1.54) is 17.8 Å². The van der Waals surface area contributed by atoms with E-state index < -0.39 is 0 Å². The predicted octanol–water partition coefficient (Wildman–Crippen LogP) is 3.25. The third kappa shape index (κ3) is 5.11. The molecule has 0 bridgehead atoms. The Labute approximate surface area is 148 Å². The Kier molecular flexibility index (Phi) is 6.92. The molecule has 1 atom stereocenters. The molecule has 2 rings (SSSR count). The average Bonchev–Trinajstić information content (AvgIpc) is 2.88. The molecule has 0 radical (unpaired) electrons. The summed E-state index contributed by atoms with van der Waals surface area (Å²) in [7, 11) is 0. The summed E-state index contributed by atoms with van der Waals surface area (Å²) < 4.78 is 5.02. The summed E-state index contributed by atoms with van der Waals surface area (Å²) >= 11 is 1.29. The van der Waals surface area contributed by atoms with Gasteiger partial charge in [0.05, 0.1) is 18.7 Å². The van der Waals surface area contributed by atoms with Gasteiger partial charge in [0.15, 0.2) is 0 Å². The minimum absolute atomic E-state index is 0.217. The van der Waals surface area contributed by atoms with Crippen molar-refractivity contribution in [1.29, 1.82) is 0 Å². The van der Waals surface area contributed by atoms with E-state index in [0.29, 0.717) is 42.0 Å². The van der Waals surface area contributed by atoms with Gasteiger partial charge in [-0.1, -0.05) is 0 Å². The zero-order valence-corrected chi connectivity index (χ0v) is 15.9. The van der Waals surface area contributed by atoms with Crippen molar-refractivity contribution in [3.63, 3.8) is 0 Å². The van der Waals surface area contributed by atoms with Gasteiger partial charge in [-0.25, -0.2) is 9.78 Å². The number of carbonyl (C=O) groups is 2. The van der Waals surface area contributed by atoms with Crippen LogP contribution in [0.2, 0.25) is 0 Å². The molecule has 0 aliphatic carbocycles. The molecular weight excluding hydrogens is 324 g/mol. The SMILES string of the molecule is CCOC(=O)c1sc(CC(=O)C[C@@H]2CCCN(C(C)C)C2)nc1C. The number of nitrogens with zero attached hydrogens (tertiary/aromatic N) is 2. The molecule has 1 fully saturated rings. The van der Waals surface area contributed by atoms with E-state index in [2.05, 4.69) is 23.7 Å². The summed E-state index contributed by atoms with van der Waals surface area (Å²) in [4.78, 5) is 31.6. The Morgan fingerprint density at radius 3 is 2.83 bits per heavy atom. The lowest BCUT2D eigenvalue weighted by Gasteiger charge is -2.35. The minimum Gasteiger partial charge on any atom is -0.462 e. The van der Waals surface area contributed by atoms with E-state index in [1.807, 2.05) is 0 Å². The summed E-state index contributed by atoms with van der Waals surface area (Å²) in [5.41, 5.74) is 0.657. The van der Waals surface area contributed by atoms with Gasteiger partial charge in [-0.15, -0.1) is 11.3 Å². The maximum atomic E-state index is 12.4. The lowest BCUT2D eigenvalue weighted by atomic mass is 9.91. The van der Waals surface area contributed by atoms with E-state index >= 15 is 0 Å². The summed E-state index contributed by atoms with van der Waals surface area (Å²) in [6.07, 6.45) is 3.22. The normalized spacial score (nSPS) is 18.8. The van der Waals surface area contributed by atoms with Crippen LogP contribution in [0, 0.1) is 12.8 Å². The van der Waals surface area contributed by atoms with Crippen LogP contribution in [0.25, 0.3) is 0 Å². The van der Waals surface area contributed by atoms with Gasteiger partial charge in [0, 0.05) is 19.0 Å². The maximum Gasteiger partial charge on any atom is 0.350 e. The fraction of sp³-hybridized carbons (Fsp3) is 0.722. The van der Waals surface area contributed by atoms with Gasteiger partial charge in [-0.05, 0) is 53.0 Å². The molecule has 1 aromatic rings. The van der Waals surface area contributed by atoms with Crippen LogP contribution in [0.5, 0.6) is 0 Å². The van der Waals surface area contributed by atoms with Crippen LogP contribution in [0.15, 0.2) is 0 Å². The first-order valence-corrected chi connectivity index (χ1v) is 9.61. The van der Waals surface area contributed by atoms with Gasteiger partial charge >= 0.3 is 5.97 Å². The molecule has 1 aromatic heterocycles. The molecule has 0 saturated carbocycles. The Hall–Kier alpha value is -1.27. The number of hydrogen-bond donors (Lipinski definition) is 0. The Morgan fingerprint density at radius 2 is 2.17 bits per heavy atom. The molecule has 0 unspecified atom stereocenters. The van der Waals surface area contributed by atoms with E-state index in [-0.39, 0.29) is 11.8 Å². The molecule has 5 nitrogen and oxygen atoms in total. The second-order valence-electron chi connectivity index (χ2n) is 6.76. The molecule has 1 saturated heterocycles. The first kappa shape index (κ1) is 19.1. The molecule has 6 heteroatoms. The third-order valence-electron chi connectivity index (χ3n) is 4.45. The lowest BCUT2D eigenvalue weighted by molar-refractivity contribution is -0.119. The Bertz CT molecular complexity index is 583. The largest absolute Gasteiger partial charge is 0.462 e. The number of ketones is 1. The van der Waals surface area contributed by atoms with Crippen molar-refractivity contribution in [2.45, 2.75) is 59.4 Å². The molecule has 0 spiro atoms. The van der Waals surface area contributed by atoms with Crippen molar-refractivity contribution in [2.75, 3.05) is 19.7 Å². The van der Waals surface area contributed by atoms with Crippen molar-refractivity contribution in [3.05, 3.63) is 15.6 Å². The van der Waals surface area contributed by atoms with Crippen LogP contribution < -0.4 is 0 Å². The highest BCUT2D eigenvalue weighted by atomic mass is 32.1. The van der Waals surface area contributed by atoms with Gasteiger partial charge in [0.25, 0.3) is 0 Å². The third-order valence-corrected chi connectivity index (χ3v) is 5.58. The number of carbonyl (C=O) groups excluding carboxylic acids is 2. The standard InChI is InChI=1S/C18H28N2O3S/c1-5-23-18(22)17-13(4)19-16(24-17)10-15(21)9-14-7-6-8-20(11-14)12(2)3/h12,14H,5-11H2,1-4H3/t14-/m0/s1. The molecular formula is C18H28N2O3S. The number of esters is 1. The van der Waals surface area contributed by atoms with Crippen molar-refractivity contribution in [1.82, 2.24) is 9.88 Å². The second kappa shape index (κ2) is 8.72. The second-order valence-corrected chi connectivity index (χ2v) is 7.84. The van der Waals surface area contributed by atoms with Gasteiger partial charge in [-0.2, -0.15) is 0 Å². The fourth-order valence-electron chi connectivity index (χ4n) is 3.21. The van der Waals surface area contributed by atoms with Crippen molar-refractivity contribution in [2.24, 2.45) is 5.92 Å². The van der Waals surface area contributed by atoms with E-state index in [9.17, 15) is 9.59 Å². The molecule has 0 aromatic carbocycles. The van der Waals surface area contributed by atoms with Crippen molar-refractivity contribution in [3.8, 4) is 0 Å². The molecule has 1 aliphatic heterocycles. The molecule has 0 N–H and O–H groups in total. The molecule has 24 heavy (non-hydrogen) atoms. The number of thiazole rings is 1. The minimum atomic E-state index is -0.342. The molecule has 0 amide bonds. The van der Waals surface area contributed by atoms with Crippen molar-refractivity contribution < 1.29 is 14.3 Å². The van der Waals surface area contributed by atoms with Crippen LogP contribution in [0.1, 0.15) is 60.4 Å². The highest BCUT2D eigenvalue weighted by Gasteiger charge is 2.24. The smallest absolute Gasteiger partial charge is 0.350 e. The highest BCUT2D eigenvalue weighted by molar-refractivity contribution is 7.13. The fourth-order valence-corrected chi connectivity index (χ4v) is 4.20. The summed E-state index contributed by atoms with van der Waals surface area (Å²) in [6.45, 7) is 10.5. The number of hydrogen-bond acceptors (Lipinski definition) is 6. The number of likely N-dealkylation sites (tertiary alicyclic amines) is 1. The van der Waals surface area contributed by atoms with Crippen LogP contribution in [0.4, 0.5) is 0 Å². The first-order valence-electron chi connectivity index (χ1n) is 8.79. The van der Waals surface area contributed by atoms with Crippen LogP contribution in [-0.2, 0) is 16.0 Å². The van der Waals surface area contributed by atoms with E-state index in [1.54, 1.807) is 13.8 Å². The number of rotatable bonds is 7. The number of piperidine rings is 1. The maximum absolute atomic E-state index is 12.4. The van der Waals surface area contributed by atoms with Crippen LogP contribution >= 0.6 is 11.3 Å². The average molecular weight is 353 g/mol. The van der Waals surface area contributed by atoms with Gasteiger partial charge < -0.3 is 9.64 Å². The van der Waals surface area contributed by atoms with Crippen molar-refractivity contribution >= 4 is 23.1 Å². The number of Topliss-reactive ketones (excluding diaryl/α,β-unsaturated/α-hetero) is 1. The number of ether oxygens (including phenoxy) is 1. The Morgan fingerprint density at radius 1 is 1.42 bits per heavy atom. The first-order chi connectivity index (χ1) is 11.4. The number of aromatic nitrogens is 1. The zero-order valence-electron chi connectivity index (χ0n) is 15.1.